The lowest BCUT2D eigenvalue weighted by Crippen LogP contribution is -2.48. The third kappa shape index (κ3) is 4.20. The molecule has 4 saturated carbocycles. The maximum absolute atomic E-state index is 9.62. The smallest absolute Gasteiger partial charge is 0.143 e. The van der Waals surface area contributed by atoms with Gasteiger partial charge in [-0.3, -0.25) is 0 Å². The Hall–Kier alpha value is -1.82. The van der Waals surface area contributed by atoms with E-state index >= 15 is 0 Å². The lowest BCUT2D eigenvalue weighted by molar-refractivity contribution is -0.0645. The summed E-state index contributed by atoms with van der Waals surface area (Å²) in [7, 11) is 0. The number of aromatic nitrogens is 1. The van der Waals surface area contributed by atoms with Crippen LogP contribution in [0.4, 0.5) is 0 Å². The summed E-state index contributed by atoms with van der Waals surface area (Å²) in [4.78, 5) is 4.51. The lowest BCUT2D eigenvalue weighted by Gasteiger charge is -2.56. The number of allylic oxidation sites excluding steroid dienone is 1. The molecule has 1 aromatic rings. The molecule has 0 N–H and O–H groups in total. The van der Waals surface area contributed by atoms with E-state index in [1.54, 1.807) is 5.57 Å². The fraction of sp³-hybridized carbons (Fsp3) is 0.742. The lowest BCUT2D eigenvalue weighted by atomic mass is 9.49. The number of ether oxygens (including phenoxy) is 1. The van der Waals surface area contributed by atoms with Gasteiger partial charge in [-0.15, -0.1) is 0 Å². The summed E-state index contributed by atoms with van der Waals surface area (Å²) in [6.45, 7) is 9.96. The molecular formula is C31H44N2O. The predicted molar refractivity (Wildman–Crippen MR) is 137 cm³/mol. The molecule has 3 nitrogen and oxygen atoms in total. The van der Waals surface area contributed by atoms with E-state index in [2.05, 4.69) is 50.2 Å². The zero-order valence-electron chi connectivity index (χ0n) is 21.9. The van der Waals surface area contributed by atoms with Crippen LogP contribution in [-0.2, 0) is 11.2 Å². The van der Waals surface area contributed by atoms with E-state index in [0.717, 1.165) is 59.8 Å². The molecule has 1 heterocycles. The van der Waals surface area contributed by atoms with Crippen molar-refractivity contribution in [1.82, 2.24) is 4.98 Å². The van der Waals surface area contributed by atoms with Crippen molar-refractivity contribution in [2.24, 2.45) is 46.8 Å². The highest BCUT2D eigenvalue weighted by Gasteiger charge is 2.57. The fourth-order valence-electron chi connectivity index (χ4n) is 9.35. The van der Waals surface area contributed by atoms with Gasteiger partial charge in [-0.2, -0.15) is 5.26 Å². The number of nitrogens with zero attached hydrogens (tertiary/aromatic N) is 2. The van der Waals surface area contributed by atoms with E-state index in [4.69, 9.17) is 4.74 Å². The van der Waals surface area contributed by atoms with E-state index in [1.807, 2.05) is 6.92 Å². The van der Waals surface area contributed by atoms with Crippen molar-refractivity contribution < 1.29 is 4.74 Å². The van der Waals surface area contributed by atoms with Gasteiger partial charge in [0.1, 0.15) is 11.8 Å². The Morgan fingerprint density at radius 3 is 2.79 bits per heavy atom. The van der Waals surface area contributed by atoms with Crippen LogP contribution in [0.2, 0.25) is 0 Å². The Morgan fingerprint density at radius 1 is 1.15 bits per heavy atom. The zero-order chi connectivity index (χ0) is 23.9. The highest BCUT2D eigenvalue weighted by Crippen LogP contribution is 2.65. The van der Waals surface area contributed by atoms with Gasteiger partial charge in [-0.05, 0) is 142 Å². The number of fused-ring (bicyclic) bond motifs is 5. The molecule has 0 radical (unpaired) electrons. The van der Waals surface area contributed by atoms with Gasteiger partial charge in [0.2, 0.25) is 0 Å². The minimum Gasteiger partial charge on any atom is -0.502 e. The topological polar surface area (TPSA) is 45.9 Å². The van der Waals surface area contributed by atoms with Gasteiger partial charge in [-0.25, -0.2) is 4.98 Å². The normalized spacial score (nSPS) is 39.0. The summed E-state index contributed by atoms with van der Waals surface area (Å²) in [5.74, 6) is 6.07. The Bertz CT molecular complexity index is 961. The second kappa shape index (κ2) is 9.67. The maximum atomic E-state index is 9.62. The Labute approximate surface area is 207 Å². The third-order valence-corrected chi connectivity index (χ3v) is 10.8. The quantitative estimate of drug-likeness (QED) is 0.424. The molecule has 1 aromatic heterocycles. The molecule has 0 amide bonds. The minimum absolute atomic E-state index is 0.479. The van der Waals surface area contributed by atoms with E-state index < -0.39 is 0 Å². The zero-order valence-corrected chi connectivity index (χ0v) is 21.9. The molecule has 0 saturated heterocycles. The molecule has 0 aromatic carbocycles. The van der Waals surface area contributed by atoms with Gasteiger partial charge in [0, 0.05) is 5.69 Å². The Balaban J connectivity index is 1.28. The monoisotopic (exact) mass is 460 g/mol. The van der Waals surface area contributed by atoms with Crippen LogP contribution in [-0.4, -0.2) is 11.6 Å². The van der Waals surface area contributed by atoms with Crippen molar-refractivity contribution in [3.05, 3.63) is 40.9 Å². The molecule has 0 bridgehead atoms. The number of pyridine rings is 1. The molecule has 4 aliphatic carbocycles. The molecular weight excluding hydrogens is 416 g/mol. The van der Waals surface area contributed by atoms with Crippen LogP contribution >= 0.6 is 0 Å². The van der Waals surface area contributed by atoms with Crippen molar-refractivity contribution in [3.8, 4) is 6.07 Å². The summed E-state index contributed by atoms with van der Waals surface area (Å²) in [6, 6.07) is 6.58. The Morgan fingerprint density at radius 2 is 2.00 bits per heavy atom. The molecule has 4 fully saturated rings. The second-order valence-electron chi connectivity index (χ2n) is 12.4. The molecule has 0 spiro atoms. The van der Waals surface area contributed by atoms with Gasteiger partial charge in [0.05, 0.1) is 12.9 Å². The molecule has 1 unspecified atom stereocenters. The molecule has 0 aliphatic heterocycles. The molecule has 5 rings (SSSR count). The third-order valence-electron chi connectivity index (χ3n) is 10.8. The van der Waals surface area contributed by atoms with E-state index in [0.29, 0.717) is 17.0 Å². The first kappa shape index (κ1) is 23.9. The molecule has 8 atom stereocenters. The van der Waals surface area contributed by atoms with Crippen LogP contribution in [0.25, 0.3) is 0 Å². The number of rotatable bonds is 5. The maximum Gasteiger partial charge on any atom is 0.143 e. The molecule has 3 heteroatoms. The SMILES string of the molecule is CCOC=C1CC[C@H]2[C@H](CC[C@@H]3[C@@H]2CCC2(C)[C@@H]([C@H](C)Cc4ccc(C)nc4C#N)CC[C@@H]32)C1. The number of nitriles is 1. The summed E-state index contributed by atoms with van der Waals surface area (Å²) >= 11 is 0. The molecule has 34 heavy (non-hydrogen) atoms. The van der Waals surface area contributed by atoms with Crippen molar-refractivity contribution >= 4 is 0 Å². The average molecular weight is 461 g/mol. The van der Waals surface area contributed by atoms with Crippen LogP contribution in [0, 0.1) is 65.1 Å². The van der Waals surface area contributed by atoms with Gasteiger partial charge < -0.3 is 4.74 Å². The van der Waals surface area contributed by atoms with Crippen molar-refractivity contribution in [3.63, 3.8) is 0 Å². The van der Waals surface area contributed by atoms with Crippen LogP contribution in [0.1, 0.15) is 95.5 Å². The van der Waals surface area contributed by atoms with Gasteiger partial charge in [-0.1, -0.05) is 19.9 Å². The minimum atomic E-state index is 0.479. The van der Waals surface area contributed by atoms with E-state index in [1.165, 1.54) is 57.8 Å². The average Bonchev–Trinajstić information content (AvgIpc) is 3.20. The first-order valence-electron chi connectivity index (χ1n) is 14.1. The van der Waals surface area contributed by atoms with Crippen LogP contribution in [0.3, 0.4) is 0 Å². The Kier molecular flexibility index (Phi) is 6.80. The molecule has 4 aliphatic rings. The van der Waals surface area contributed by atoms with Crippen molar-refractivity contribution in [2.45, 2.75) is 91.9 Å². The highest BCUT2D eigenvalue weighted by molar-refractivity contribution is 5.33. The van der Waals surface area contributed by atoms with Crippen LogP contribution < -0.4 is 0 Å². The standard InChI is InChI=1S/C31H44N2O/c1-5-34-19-22-7-10-25-23(17-22)9-11-27-26(25)14-15-31(4)28(12-13-29(27)31)20(2)16-24-8-6-21(3)33-30(24)18-32/h6,8,19-20,23,25-29H,5,7,9-17H2,1-4H3/t20-,23-,25+,26-,27-,28-,29+,31?/m1/s1. The number of aryl methyl sites for hydroxylation is 1. The van der Waals surface area contributed by atoms with E-state index in [-0.39, 0.29) is 0 Å². The molecule has 184 valence electrons. The van der Waals surface area contributed by atoms with Gasteiger partial charge in [0.15, 0.2) is 0 Å². The predicted octanol–water partition coefficient (Wildman–Crippen LogP) is 7.63. The summed E-state index contributed by atoms with van der Waals surface area (Å²) in [6.07, 6.45) is 15.6. The summed E-state index contributed by atoms with van der Waals surface area (Å²) in [5.41, 5.74) is 4.79. The number of hydrogen-bond acceptors (Lipinski definition) is 3. The van der Waals surface area contributed by atoms with Crippen molar-refractivity contribution in [1.29, 1.82) is 5.26 Å². The van der Waals surface area contributed by atoms with Gasteiger partial charge >= 0.3 is 0 Å². The highest BCUT2D eigenvalue weighted by atomic mass is 16.5. The summed E-state index contributed by atoms with van der Waals surface area (Å²) in [5, 5.41) is 9.62. The van der Waals surface area contributed by atoms with Crippen LogP contribution in [0.5, 0.6) is 0 Å². The largest absolute Gasteiger partial charge is 0.502 e. The fourth-order valence-corrected chi connectivity index (χ4v) is 9.35. The second-order valence-corrected chi connectivity index (χ2v) is 12.4. The van der Waals surface area contributed by atoms with E-state index in [9.17, 15) is 5.26 Å². The van der Waals surface area contributed by atoms with Crippen molar-refractivity contribution in [2.75, 3.05) is 6.61 Å². The summed E-state index contributed by atoms with van der Waals surface area (Å²) < 4.78 is 5.64. The van der Waals surface area contributed by atoms with Crippen LogP contribution in [0.15, 0.2) is 24.0 Å². The first-order valence-corrected chi connectivity index (χ1v) is 14.1. The number of hydrogen-bond donors (Lipinski definition) is 0. The van der Waals surface area contributed by atoms with Gasteiger partial charge in [0.25, 0.3) is 0 Å². The first-order chi connectivity index (χ1) is 16.4.